The van der Waals surface area contributed by atoms with Gasteiger partial charge in [0.15, 0.2) is 11.5 Å². The van der Waals surface area contributed by atoms with Crippen molar-refractivity contribution in [1.82, 2.24) is 4.90 Å². The number of nitrogens with zero attached hydrogens (tertiary/aromatic N) is 1. The zero-order valence-corrected chi connectivity index (χ0v) is 11.9. The van der Waals surface area contributed by atoms with Crippen LogP contribution >= 0.6 is 0 Å². The van der Waals surface area contributed by atoms with E-state index in [0.29, 0.717) is 0 Å². The fourth-order valence-electron chi connectivity index (χ4n) is 2.45. The van der Waals surface area contributed by atoms with Crippen LogP contribution in [0.5, 0.6) is 11.5 Å². The molecule has 4 nitrogen and oxygen atoms in total. The minimum absolute atomic E-state index is 0.267. The molecule has 1 unspecified atom stereocenters. The molecule has 0 aromatic heterocycles. The average Bonchev–Trinajstić information content (AvgIpc) is 2.82. The zero-order chi connectivity index (χ0) is 13.7. The lowest BCUT2D eigenvalue weighted by Crippen LogP contribution is -2.21. The second kappa shape index (κ2) is 6.78. The third kappa shape index (κ3) is 3.85. The molecule has 4 heteroatoms. The van der Waals surface area contributed by atoms with Gasteiger partial charge in [-0.15, -0.1) is 0 Å². The minimum Gasteiger partial charge on any atom is -0.493 e. The molecule has 2 rings (SSSR count). The van der Waals surface area contributed by atoms with Crippen molar-refractivity contribution >= 4 is 0 Å². The Bertz CT molecular complexity index is 409. The number of aryl methyl sites for hydroxylation is 1. The van der Waals surface area contributed by atoms with Crippen molar-refractivity contribution in [2.75, 3.05) is 33.8 Å². The summed E-state index contributed by atoms with van der Waals surface area (Å²) >= 11 is 0. The Morgan fingerprint density at radius 2 is 2.21 bits per heavy atom. The normalized spacial score (nSPS) is 19.6. The van der Waals surface area contributed by atoms with Crippen LogP contribution in [0.4, 0.5) is 0 Å². The predicted molar refractivity (Wildman–Crippen MR) is 76.9 cm³/mol. The number of methoxy groups -OCH3 is 1. The summed E-state index contributed by atoms with van der Waals surface area (Å²) in [5.74, 6) is 1.67. The molecule has 0 aliphatic carbocycles. The highest BCUT2D eigenvalue weighted by molar-refractivity contribution is 5.43. The van der Waals surface area contributed by atoms with Crippen LogP contribution in [-0.4, -0.2) is 44.8 Å². The number of rotatable bonds is 6. The standard InChI is InChI=1S/C15H24N2O2/c1-17-9-7-13(11-17)19-15-10-12(4-3-8-16)5-6-14(15)18-2/h5-6,10,13H,3-4,7-9,11,16H2,1-2H3. The van der Waals surface area contributed by atoms with Crippen LogP contribution < -0.4 is 15.2 Å². The Morgan fingerprint density at radius 3 is 2.84 bits per heavy atom. The highest BCUT2D eigenvalue weighted by atomic mass is 16.5. The molecule has 1 atom stereocenters. The van der Waals surface area contributed by atoms with Gasteiger partial charge in [0.1, 0.15) is 6.10 Å². The van der Waals surface area contributed by atoms with Crippen molar-refractivity contribution in [3.8, 4) is 11.5 Å². The first-order chi connectivity index (χ1) is 9.22. The number of hydrogen-bond donors (Lipinski definition) is 1. The van der Waals surface area contributed by atoms with Crippen LogP contribution in [0.1, 0.15) is 18.4 Å². The van der Waals surface area contributed by atoms with Crippen molar-refractivity contribution < 1.29 is 9.47 Å². The first-order valence-corrected chi connectivity index (χ1v) is 6.95. The van der Waals surface area contributed by atoms with Crippen molar-refractivity contribution in [3.63, 3.8) is 0 Å². The second-order valence-electron chi connectivity index (χ2n) is 5.17. The summed E-state index contributed by atoms with van der Waals surface area (Å²) in [6.45, 7) is 2.80. The van der Waals surface area contributed by atoms with E-state index in [1.807, 2.05) is 6.07 Å². The Balaban J connectivity index is 2.07. The van der Waals surface area contributed by atoms with Gasteiger partial charge in [-0.2, -0.15) is 0 Å². The highest BCUT2D eigenvalue weighted by Crippen LogP contribution is 2.30. The highest BCUT2D eigenvalue weighted by Gasteiger charge is 2.22. The van der Waals surface area contributed by atoms with E-state index in [0.717, 1.165) is 50.4 Å². The van der Waals surface area contributed by atoms with E-state index in [4.69, 9.17) is 15.2 Å². The van der Waals surface area contributed by atoms with Gasteiger partial charge in [0, 0.05) is 13.1 Å². The largest absolute Gasteiger partial charge is 0.493 e. The molecule has 0 bridgehead atoms. The Hall–Kier alpha value is -1.26. The van der Waals surface area contributed by atoms with Gasteiger partial charge in [0.05, 0.1) is 7.11 Å². The summed E-state index contributed by atoms with van der Waals surface area (Å²) in [4.78, 5) is 2.29. The van der Waals surface area contributed by atoms with Crippen LogP contribution in [0.3, 0.4) is 0 Å². The molecular formula is C15H24N2O2. The Labute approximate surface area is 115 Å². The monoisotopic (exact) mass is 264 g/mol. The fraction of sp³-hybridized carbons (Fsp3) is 0.600. The van der Waals surface area contributed by atoms with Gasteiger partial charge in [-0.1, -0.05) is 6.07 Å². The summed E-state index contributed by atoms with van der Waals surface area (Å²) in [5, 5.41) is 0. The van der Waals surface area contributed by atoms with Gasteiger partial charge in [0.2, 0.25) is 0 Å². The predicted octanol–water partition coefficient (Wildman–Crippen LogP) is 1.67. The molecule has 0 spiro atoms. The summed E-state index contributed by atoms with van der Waals surface area (Å²) < 4.78 is 11.5. The SMILES string of the molecule is COc1ccc(CCCN)cc1OC1CCN(C)C1. The minimum atomic E-state index is 0.267. The first-order valence-electron chi connectivity index (χ1n) is 6.95. The van der Waals surface area contributed by atoms with E-state index in [1.165, 1.54) is 5.56 Å². The molecule has 106 valence electrons. The number of likely N-dealkylation sites (N-methyl/N-ethyl adjacent to an activating group) is 1. The van der Waals surface area contributed by atoms with E-state index >= 15 is 0 Å². The Kier molecular flexibility index (Phi) is 5.05. The maximum absolute atomic E-state index is 6.09. The molecule has 1 aromatic rings. The summed E-state index contributed by atoms with van der Waals surface area (Å²) in [6.07, 6.45) is 3.33. The third-order valence-electron chi connectivity index (χ3n) is 3.54. The molecule has 0 radical (unpaired) electrons. The number of hydrogen-bond acceptors (Lipinski definition) is 4. The Morgan fingerprint density at radius 1 is 1.37 bits per heavy atom. The molecule has 19 heavy (non-hydrogen) atoms. The topological polar surface area (TPSA) is 47.7 Å². The van der Waals surface area contributed by atoms with Crippen molar-refractivity contribution in [2.45, 2.75) is 25.4 Å². The molecule has 1 fully saturated rings. The van der Waals surface area contributed by atoms with Crippen molar-refractivity contribution in [2.24, 2.45) is 5.73 Å². The number of ether oxygens (including phenoxy) is 2. The van der Waals surface area contributed by atoms with Crippen LogP contribution in [0.25, 0.3) is 0 Å². The molecule has 0 amide bonds. The van der Waals surface area contributed by atoms with E-state index in [1.54, 1.807) is 7.11 Å². The van der Waals surface area contributed by atoms with Gasteiger partial charge in [-0.05, 0) is 50.6 Å². The van der Waals surface area contributed by atoms with Gasteiger partial charge >= 0.3 is 0 Å². The summed E-state index contributed by atoms with van der Waals surface area (Å²) in [5.41, 5.74) is 6.81. The quantitative estimate of drug-likeness (QED) is 0.849. The second-order valence-corrected chi connectivity index (χ2v) is 5.17. The lowest BCUT2D eigenvalue weighted by Gasteiger charge is -2.17. The van der Waals surface area contributed by atoms with E-state index < -0.39 is 0 Å². The molecule has 1 aliphatic rings. The van der Waals surface area contributed by atoms with Crippen LogP contribution in [0.15, 0.2) is 18.2 Å². The molecule has 0 saturated carbocycles. The number of nitrogens with two attached hydrogens (primary N) is 1. The molecule has 1 aliphatic heterocycles. The van der Waals surface area contributed by atoms with Crippen molar-refractivity contribution in [1.29, 1.82) is 0 Å². The fourth-order valence-corrected chi connectivity index (χ4v) is 2.45. The van der Waals surface area contributed by atoms with Crippen molar-refractivity contribution in [3.05, 3.63) is 23.8 Å². The maximum Gasteiger partial charge on any atom is 0.161 e. The van der Waals surface area contributed by atoms with Gasteiger partial charge in [-0.3, -0.25) is 0 Å². The first kappa shape index (κ1) is 14.2. The lowest BCUT2D eigenvalue weighted by molar-refractivity contribution is 0.199. The molecule has 1 saturated heterocycles. The van der Waals surface area contributed by atoms with Gasteiger partial charge in [-0.25, -0.2) is 0 Å². The van der Waals surface area contributed by atoms with E-state index in [9.17, 15) is 0 Å². The lowest BCUT2D eigenvalue weighted by atomic mass is 10.1. The van der Waals surface area contributed by atoms with E-state index in [-0.39, 0.29) is 6.10 Å². The zero-order valence-electron chi connectivity index (χ0n) is 11.9. The summed E-state index contributed by atoms with van der Waals surface area (Å²) in [7, 11) is 3.81. The van der Waals surface area contributed by atoms with Crippen LogP contribution in [-0.2, 0) is 6.42 Å². The van der Waals surface area contributed by atoms with Gasteiger partial charge in [0.25, 0.3) is 0 Å². The third-order valence-corrected chi connectivity index (χ3v) is 3.54. The summed E-state index contributed by atoms with van der Waals surface area (Å²) in [6, 6.07) is 6.16. The molecular weight excluding hydrogens is 240 g/mol. The molecule has 2 N–H and O–H groups in total. The van der Waals surface area contributed by atoms with Gasteiger partial charge < -0.3 is 20.1 Å². The smallest absolute Gasteiger partial charge is 0.161 e. The average molecular weight is 264 g/mol. The maximum atomic E-state index is 6.09. The molecule has 1 aromatic carbocycles. The number of benzene rings is 1. The van der Waals surface area contributed by atoms with E-state index in [2.05, 4.69) is 24.1 Å². The van der Waals surface area contributed by atoms with Crippen LogP contribution in [0, 0.1) is 0 Å². The molecule has 1 heterocycles. The number of likely N-dealkylation sites (tertiary alicyclic amines) is 1. The van der Waals surface area contributed by atoms with Crippen LogP contribution in [0.2, 0.25) is 0 Å².